The maximum absolute atomic E-state index is 12.5. The number of aromatic nitrogens is 1. The smallest absolute Gasteiger partial charge is 0.229 e. The molecule has 0 radical (unpaired) electrons. The van der Waals surface area contributed by atoms with E-state index < -0.39 is 5.72 Å². The fraction of sp³-hybridized carbons (Fsp3) is 0.0625. The Kier molecular flexibility index (Phi) is 2.09. The van der Waals surface area contributed by atoms with Crippen LogP contribution in [0, 0.1) is 0 Å². The minimum absolute atomic E-state index is 0.321. The molecule has 0 bridgehead atoms. The van der Waals surface area contributed by atoms with Crippen LogP contribution in [-0.4, -0.2) is 15.9 Å². The molecule has 3 N–H and O–H groups in total. The van der Waals surface area contributed by atoms with Crippen LogP contribution in [0.1, 0.15) is 15.9 Å². The van der Waals surface area contributed by atoms with Crippen molar-refractivity contribution in [2.75, 3.05) is 5.32 Å². The number of fused-ring (bicyclic) bond motifs is 2. The number of H-pyrrole nitrogens is 1. The minimum atomic E-state index is -1.71. The van der Waals surface area contributed by atoms with Crippen LogP contribution in [0.5, 0.6) is 0 Å². The first-order chi connectivity index (χ1) is 9.70. The molecule has 0 fully saturated rings. The Morgan fingerprint density at radius 2 is 1.75 bits per heavy atom. The van der Waals surface area contributed by atoms with E-state index in [1.807, 2.05) is 30.3 Å². The van der Waals surface area contributed by atoms with E-state index in [1.54, 1.807) is 24.4 Å². The second-order valence-electron chi connectivity index (χ2n) is 4.96. The fourth-order valence-electron chi connectivity index (χ4n) is 2.80. The van der Waals surface area contributed by atoms with Crippen LogP contribution in [-0.2, 0) is 5.72 Å². The average Bonchev–Trinajstić information content (AvgIpc) is 3.01. The van der Waals surface area contributed by atoms with E-state index in [0.717, 1.165) is 10.9 Å². The predicted octanol–water partition coefficient (Wildman–Crippen LogP) is 2.62. The lowest BCUT2D eigenvalue weighted by atomic mass is 9.97. The van der Waals surface area contributed by atoms with Gasteiger partial charge in [0, 0.05) is 33.9 Å². The molecule has 1 aromatic heterocycles. The molecule has 0 aliphatic carbocycles. The Morgan fingerprint density at radius 1 is 1.00 bits per heavy atom. The number of nitrogens with one attached hydrogen (secondary N) is 2. The predicted molar refractivity (Wildman–Crippen MR) is 76.6 cm³/mol. The number of hydrogen-bond donors (Lipinski definition) is 3. The van der Waals surface area contributed by atoms with Gasteiger partial charge in [-0.1, -0.05) is 30.3 Å². The number of anilines is 1. The number of carbonyl (C=O) groups excluding carboxylic acids is 1. The molecule has 0 amide bonds. The van der Waals surface area contributed by atoms with Crippen molar-refractivity contribution >= 4 is 22.4 Å². The zero-order valence-electron chi connectivity index (χ0n) is 10.6. The molecule has 0 spiro atoms. The highest BCUT2D eigenvalue weighted by molar-refractivity contribution is 6.14. The summed E-state index contributed by atoms with van der Waals surface area (Å²) < 4.78 is 0. The zero-order valence-corrected chi connectivity index (χ0v) is 10.6. The van der Waals surface area contributed by atoms with Gasteiger partial charge in [0.05, 0.1) is 0 Å². The molecule has 2 heterocycles. The van der Waals surface area contributed by atoms with E-state index >= 15 is 0 Å². The summed E-state index contributed by atoms with van der Waals surface area (Å²) in [6.07, 6.45) is 1.68. The number of ketones is 1. The van der Waals surface area contributed by atoms with Crippen LogP contribution >= 0.6 is 0 Å². The van der Waals surface area contributed by atoms with E-state index in [0.29, 0.717) is 16.8 Å². The topological polar surface area (TPSA) is 65.1 Å². The average molecular weight is 264 g/mol. The van der Waals surface area contributed by atoms with Gasteiger partial charge in [0.15, 0.2) is 0 Å². The number of carbonyl (C=O) groups is 1. The van der Waals surface area contributed by atoms with Crippen molar-refractivity contribution in [3.63, 3.8) is 0 Å². The molecule has 1 aliphatic heterocycles. The van der Waals surface area contributed by atoms with Crippen molar-refractivity contribution in [1.82, 2.24) is 4.98 Å². The third kappa shape index (κ3) is 1.31. The number of aromatic amines is 1. The molecule has 98 valence electrons. The standard InChI is InChI=1S/C16H12N2O2/c19-15-11-6-2-4-8-14(11)18-16(15,20)12-9-17-13-7-3-1-5-10(12)13/h1-9,17-18,20H. The van der Waals surface area contributed by atoms with Gasteiger partial charge in [0.2, 0.25) is 11.5 Å². The van der Waals surface area contributed by atoms with Crippen molar-refractivity contribution in [3.05, 3.63) is 65.9 Å². The summed E-state index contributed by atoms with van der Waals surface area (Å²) in [5.41, 5.74) is 0.907. The molecule has 4 rings (SSSR count). The summed E-state index contributed by atoms with van der Waals surface area (Å²) in [5.74, 6) is -0.321. The first-order valence-corrected chi connectivity index (χ1v) is 6.41. The van der Waals surface area contributed by atoms with E-state index in [9.17, 15) is 9.90 Å². The van der Waals surface area contributed by atoms with Crippen LogP contribution < -0.4 is 5.32 Å². The van der Waals surface area contributed by atoms with Crippen molar-refractivity contribution in [1.29, 1.82) is 0 Å². The van der Waals surface area contributed by atoms with E-state index in [1.165, 1.54) is 0 Å². The molecular weight excluding hydrogens is 252 g/mol. The highest BCUT2D eigenvalue weighted by atomic mass is 16.3. The van der Waals surface area contributed by atoms with Crippen molar-refractivity contribution in [2.45, 2.75) is 5.72 Å². The largest absolute Gasteiger partial charge is 0.361 e. The van der Waals surface area contributed by atoms with Gasteiger partial charge in [-0.25, -0.2) is 0 Å². The van der Waals surface area contributed by atoms with E-state index in [-0.39, 0.29) is 5.78 Å². The summed E-state index contributed by atoms with van der Waals surface area (Å²) in [7, 11) is 0. The van der Waals surface area contributed by atoms with Gasteiger partial charge >= 0.3 is 0 Å². The Balaban J connectivity index is 1.93. The van der Waals surface area contributed by atoms with Gasteiger partial charge in [-0.3, -0.25) is 4.79 Å². The molecule has 4 nitrogen and oxygen atoms in total. The highest BCUT2D eigenvalue weighted by Crippen LogP contribution is 2.39. The van der Waals surface area contributed by atoms with Gasteiger partial charge in [-0.05, 0) is 18.2 Å². The summed E-state index contributed by atoms with van der Waals surface area (Å²) in [5, 5.41) is 14.6. The first-order valence-electron chi connectivity index (χ1n) is 6.41. The SMILES string of the molecule is O=C1c2ccccc2NC1(O)c1c[nH]c2ccccc12. The van der Waals surface area contributed by atoms with Gasteiger partial charge in [0.25, 0.3) is 0 Å². The molecule has 0 saturated carbocycles. The molecule has 1 aliphatic rings. The lowest BCUT2D eigenvalue weighted by molar-refractivity contribution is 0.0478. The second-order valence-corrected chi connectivity index (χ2v) is 4.96. The molecule has 1 unspecified atom stereocenters. The molecule has 20 heavy (non-hydrogen) atoms. The van der Waals surface area contributed by atoms with Gasteiger partial charge < -0.3 is 15.4 Å². The minimum Gasteiger partial charge on any atom is -0.361 e. The lowest BCUT2D eigenvalue weighted by Crippen LogP contribution is -2.38. The van der Waals surface area contributed by atoms with Gasteiger partial charge in [0.1, 0.15) is 0 Å². The van der Waals surface area contributed by atoms with Crippen molar-refractivity contribution in [2.24, 2.45) is 0 Å². The molecular formula is C16H12N2O2. The number of benzene rings is 2. The Bertz CT molecular complexity index is 837. The first kappa shape index (κ1) is 11.3. The highest BCUT2D eigenvalue weighted by Gasteiger charge is 2.46. The normalized spacial score (nSPS) is 20.9. The molecule has 1 atom stereocenters. The number of para-hydroxylation sites is 2. The Hall–Kier alpha value is -2.59. The monoisotopic (exact) mass is 264 g/mol. The number of aliphatic hydroxyl groups is 1. The number of rotatable bonds is 1. The van der Waals surface area contributed by atoms with Crippen LogP contribution in [0.2, 0.25) is 0 Å². The third-order valence-corrected chi connectivity index (χ3v) is 3.79. The zero-order chi connectivity index (χ0) is 13.7. The summed E-state index contributed by atoms with van der Waals surface area (Å²) in [6, 6.07) is 14.7. The number of hydrogen-bond acceptors (Lipinski definition) is 3. The van der Waals surface area contributed by atoms with Crippen molar-refractivity contribution in [3.8, 4) is 0 Å². The maximum atomic E-state index is 12.5. The van der Waals surface area contributed by atoms with E-state index in [2.05, 4.69) is 10.3 Å². The Labute approximate surface area is 115 Å². The third-order valence-electron chi connectivity index (χ3n) is 3.79. The molecule has 0 saturated heterocycles. The van der Waals surface area contributed by atoms with E-state index in [4.69, 9.17) is 0 Å². The number of Topliss-reactive ketones (excluding diaryl/α,β-unsaturated/α-hetero) is 1. The van der Waals surface area contributed by atoms with Gasteiger partial charge in [-0.2, -0.15) is 0 Å². The van der Waals surface area contributed by atoms with Crippen LogP contribution in [0.15, 0.2) is 54.7 Å². The second kappa shape index (κ2) is 3.71. The maximum Gasteiger partial charge on any atom is 0.229 e. The Morgan fingerprint density at radius 3 is 2.60 bits per heavy atom. The fourth-order valence-corrected chi connectivity index (χ4v) is 2.80. The van der Waals surface area contributed by atoms with Gasteiger partial charge in [-0.15, -0.1) is 0 Å². The summed E-state index contributed by atoms with van der Waals surface area (Å²) >= 11 is 0. The lowest BCUT2D eigenvalue weighted by Gasteiger charge is -2.21. The van der Waals surface area contributed by atoms with Crippen molar-refractivity contribution < 1.29 is 9.90 Å². The molecule has 4 heteroatoms. The summed E-state index contributed by atoms with van der Waals surface area (Å²) in [6.45, 7) is 0. The molecule has 2 aromatic carbocycles. The van der Waals surface area contributed by atoms with Crippen LogP contribution in [0.3, 0.4) is 0 Å². The quantitative estimate of drug-likeness (QED) is 0.633. The summed E-state index contributed by atoms with van der Waals surface area (Å²) in [4.78, 5) is 15.6. The molecule has 3 aromatic rings. The van der Waals surface area contributed by atoms with Crippen LogP contribution in [0.25, 0.3) is 10.9 Å². The van der Waals surface area contributed by atoms with Crippen LogP contribution in [0.4, 0.5) is 5.69 Å².